The maximum Gasteiger partial charge on any atom is 0.172 e. The summed E-state index contributed by atoms with van der Waals surface area (Å²) in [5.74, 6) is 0.208. The van der Waals surface area contributed by atoms with Crippen LogP contribution in [0, 0.1) is 11.3 Å². The molecule has 0 radical (unpaired) electrons. The molecule has 1 rings (SSSR count). The van der Waals surface area contributed by atoms with E-state index in [0.717, 1.165) is 6.54 Å². The standard InChI is InChI=1S/C14H29NO2Si/c1-10(2)11-8-15(9-17-18(6)7)13(16)12(11)14(3,4)5/h12-13,16,18H,8-9H2,1-7H3/t12-,13-/m0/s1. The van der Waals surface area contributed by atoms with Crippen molar-refractivity contribution in [2.24, 2.45) is 11.3 Å². The predicted molar refractivity (Wildman–Crippen MR) is 78.9 cm³/mol. The topological polar surface area (TPSA) is 32.7 Å². The highest BCUT2D eigenvalue weighted by Crippen LogP contribution is 2.42. The Morgan fingerprint density at radius 2 is 1.94 bits per heavy atom. The van der Waals surface area contributed by atoms with E-state index in [4.69, 9.17) is 4.43 Å². The van der Waals surface area contributed by atoms with Gasteiger partial charge in [-0.3, -0.25) is 4.90 Å². The Balaban J connectivity index is 2.88. The van der Waals surface area contributed by atoms with Crippen molar-refractivity contribution in [1.82, 2.24) is 4.90 Å². The molecule has 0 aromatic carbocycles. The summed E-state index contributed by atoms with van der Waals surface area (Å²) in [6.45, 7) is 16.6. The molecular formula is C14H29NO2Si. The number of hydrogen-bond acceptors (Lipinski definition) is 3. The number of nitrogens with zero attached hydrogens (tertiary/aromatic N) is 1. The van der Waals surface area contributed by atoms with Crippen molar-refractivity contribution in [3.63, 3.8) is 0 Å². The van der Waals surface area contributed by atoms with Gasteiger partial charge in [-0.2, -0.15) is 0 Å². The maximum absolute atomic E-state index is 10.5. The van der Waals surface area contributed by atoms with Crippen LogP contribution in [0.15, 0.2) is 11.1 Å². The van der Waals surface area contributed by atoms with E-state index in [1.807, 2.05) is 0 Å². The monoisotopic (exact) mass is 271 g/mol. The van der Waals surface area contributed by atoms with E-state index in [-0.39, 0.29) is 11.3 Å². The third kappa shape index (κ3) is 3.67. The Labute approximate surface area is 114 Å². The molecule has 0 saturated carbocycles. The summed E-state index contributed by atoms with van der Waals surface area (Å²) < 4.78 is 5.77. The molecule has 18 heavy (non-hydrogen) atoms. The van der Waals surface area contributed by atoms with E-state index in [2.05, 4.69) is 52.6 Å². The smallest absolute Gasteiger partial charge is 0.172 e. The van der Waals surface area contributed by atoms with Gasteiger partial charge in [-0.1, -0.05) is 26.3 Å². The number of rotatable bonds is 3. The van der Waals surface area contributed by atoms with Gasteiger partial charge in [-0.15, -0.1) is 0 Å². The zero-order chi connectivity index (χ0) is 14.1. The summed E-state index contributed by atoms with van der Waals surface area (Å²) in [5.41, 5.74) is 2.79. The summed E-state index contributed by atoms with van der Waals surface area (Å²) in [5, 5.41) is 10.5. The molecule has 4 heteroatoms. The second-order valence-electron chi connectivity index (χ2n) is 6.87. The Kier molecular flexibility index (Phi) is 5.18. The third-order valence-corrected chi connectivity index (χ3v) is 4.39. The zero-order valence-corrected chi connectivity index (χ0v) is 14.1. The van der Waals surface area contributed by atoms with Crippen molar-refractivity contribution >= 4 is 9.04 Å². The maximum atomic E-state index is 10.5. The molecule has 1 aliphatic rings. The Morgan fingerprint density at radius 1 is 1.39 bits per heavy atom. The molecule has 0 bridgehead atoms. The molecule has 1 fully saturated rings. The average molecular weight is 271 g/mol. The molecule has 0 aliphatic carbocycles. The third-order valence-electron chi connectivity index (χ3n) is 3.57. The van der Waals surface area contributed by atoms with Crippen molar-refractivity contribution in [1.29, 1.82) is 0 Å². The summed E-state index contributed by atoms with van der Waals surface area (Å²) >= 11 is 0. The molecule has 106 valence electrons. The first-order valence-corrected chi connectivity index (χ1v) is 9.62. The number of aliphatic hydroxyl groups excluding tert-OH is 1. The number of likely N-dealkylation sites (tertiary alicyclic amines) is 1. The highest BCUT2D eigenvalue weighted by molar-refractivity contribution is 6.48. The quantitative estimate of drug-likeness (QED) is 0.632. The fourth-order valence-corrected chi connectivity index (χ4v) is 3.10. The van der Waals surface area contributed by atoms with Crippen LogP contribution < -0.4 is 0 Å². The van der Waals surface area contributed by atoms with E-state index in [9.17, 15) is 5.11 Å². The number of allylic oxidation sites excluding steroid dienone is 1. The molecule has 3 nitrogen and oxygen atoms in total. The van der Waals surface area contributed by atoms with Crippen molar-refractivity contribution in [2.45, 2.75) is 53.9 Å². The molecule has 0 unspecified atom stereocenters. The molecule has 1 N–H and O–H groups in total. The normalized spacial score (nSPS) is 26.2. The average Bonchev–Trinajstić information content (AvgIpc) is 2.52. The van der Waals surface area contributed by atoms with E-state index in [0.29, 0.717) is 6.73 Å². The lowest BCUT2D eigenvalue weighted by Crippen LogP contribution is -2.39. The first-order chi connectivity index (χ1) is 8.14. The van der Waals surface area contributed by atoms with Crippen LogP contribution in [-0.2, 0) is 4.43 Å². The second-order valence-corrected chi connectivity index (χ2v) is 9.30. The molecule has 1 aliphatic heterocycles. The van der Waals surface area contributed by atoms with Crippen molar-refractivity contribution in [3.8, 4) is 0 Å². The highest BCUT2D eigenvalue weighted by atomic mass is 28.3. The lowest BCUT2D eigenvalue weighted by Gasteiger charge is -2.32. The zero-order valence-electron chi connectivity index (χ0n) is 12.9. The molecule has 0 aromatic heterocycles. The van der Waals surface area contributed by atoms with Gasteiger partial charge in [0, 0.05) is 12.5 Å². The molecule has 0 aromatic rings. The molecule has 1 heterocycles. The van der Waals surface area contributed by atoms with Gasteiger partial charge < -0.3 is 9.53 Å². The van der Waals surface area contributed by atoms with Crippen LogP contribution >= 0.6 is 0 Å². The molecule has 2 atom stereocenters. The number of aliphatic hydroxyl groups is 1. The summed E-state index contributed by atoms with van der Waals surface area (Å²) in [6, 6.07) is 0. The van der Waals surface area contributed by atoms with Crippen LogP contribution in [0.1, 0.15) is 34.6 Å². The fourth-order valence-electron chi connectivity index (χ4n) is 2.61. The lowest BCUT2D eigenvalue weighted by atomic mass is 9.76. The first kappa shape index (κ1) is 15.9. The van der Waals surface area contributed by atoms with Gasteiger partial charge in [-0.25, -0.2) is 0 Å². The predicted octanol–water partition coefficient (Wildman–Crippen LogP) is 2.58. The Bertz CT molecular complexity index is 316. The van der Waals surface area contributed by atoms with E-state index < -0.39 is 15.3 Å². The van der Waals surface area contributed by atoms with Crippen LogP contribution in [-0.4, -0.2) is 38.6 Å². The van der Waals surface area contributed by atoms with Crippen LogP contribution in [0.5, 0.6) is 0 Å². The van der Waals surface area contributed by atoms with Crippen molar-refractivity contribution in [3.05, 3.63) is 11.1 Å². The minimum atomic E-state index is -1.03. The molecular weight excluding hydrogens is 242 g/mol. The van der Waals surface area contributed by atoms with E-state index >= 15 is 0 Å². The van der Waals surface area contributed by atoms with Gasteiger partial charge in [0.05, 0.1) is 6.73 Å². The Morgan fingerprint density at radius 3 is 2.28 bits per heavy atom. The van der Waals surface area contributed by atoms with Crippen molar-refractivity contribution < 1.29 is 9.53 Å². The second kappa shape index (κ2) is 5.86. The van der Waals surface area contributed by atoms with Crippen LogP contribution in [0.25, 0.3) is 0 Å². The summed E-state index contributed by atoms with van der Waals surface area (Å²) in [6.07, 6.45) is -0.414. The van der Waals surface area contributed by atoms with Crippen LogP contribution in [0.4, 0.5) is 0 Å². The molecule has 0 amide bonds. The minimum Gasteiger partial charge on any atom is -0.408 e. The molecule has 1 saturated heterocycles. The Hall–Kier alpha value is -0.163. The van der Waals surface area contributed by atoms with E-state index in [1.54, 1.807) is 0 Å². The fraction of sp³-hybridized carbons (Fsp3) is 0.857. The summed E-state index contributed by atoms with van der Waals surface area (Å²) in [7, 11) is -1.03. The van der Waals surface area contributed by atoms with Gasteiger partial charge in [0.1, 0.15) is 6.23 Å². The largest absolute Gasteiger partial charge is 0.408 e. The summed E-state index contributed by atoms with van der Waals surface area (Å²) in [4.78, 5) is 2.06. The van der Waals surface area contributed by atoms with Gasteiger partial charge in [-0.05, 0) is 37.9 Å². The number of hydrogen-bond donors (Lipinski definition) is 1. The van der Waals surface area contributed by atoms with Gasteiger partial charge in [0.25, 0.3) is 0 Å². The van der Waals surface area contributed by atoms with Gasteiger partial charge in [0.15, 0.2) is 9.04 Å². The van der Waals surface area contributed by atoms with Gasteiger partial charge in [0.2, 0.25) is 0 Å². The van der Waals surface area contributed by atoms with E-state index in [1.165, 1.54) is 11.1 Å². The molecule has 0 spiro atoms. The van der Waals surface area contributed by atoms with Crippen LogP contribution in [0.2, 0.25) is 13.1 Å². The highest BCUT2D eigenvalue weighted by Gasteiger charge is 2.43. The lowest BCUT2D eigenvalue weighted by molar-refractivity contribution is -0.0506. The first-order valence-electron chi connectivity index (χ1n) is 6.84. The van der Waals surface area contributed by atoms with Crippen LogP contribution in [0.3, 0.4) is 0 Å². The van der Waals surface area contributed by atoms with Crippen molar-refractivity contribution in [2.75, 3.05) is 13.3 Å². The van der Waals surface area contributed by atoms with Gasteiger partial charge >= 0.3 is 0 Å². The minimum absolute atomic E-state index is 0.0794. The SMILES string of the molecule is CC(C)=C1CN(CO[SiH](C)C)[C@@H](O)[C@H]1C(C)(C)C.